The Hall–Kier alpha value is -3.56. The van der Waals surface area contributed by atoms with Gasteiger partial charge < -0.3 is 9.47 Å². The number of ether oxygens (including phenoxy) is 2. The quantitative estimate of drug-likeness (QED) is 0.171. The Morgan fingerprint density at radius 2 is 1.12 bits per heavy atom. The van der Waals surface area contributed by atoms with Crippen LogP contribution in [0, 0.1) is 46.7 Å². The molecule has 0 N–H and O–H groups in total. The molecule has 4 rings (SSSR count). The number of alkyl halides is 2. The third kappa shape index (κ3) is 6.73. The van der Waals surface area contributed by atoms with Crippen LogP contribution in [0.3, 0.4) is 0 Å². The Labute approximate surface area is 239 Å². The molecule has 0 saturated heterocycles. The molecule has 0 radical (unpaired) electrons. The van der Waals surface area contributed by atoms with Crippen LogP contribution in [0.5, 0.6) is 11.5 Å². The fourth-order valence-electron chi connectivity index (χ4n) is 5.30. The van der Waals surface area contributed by atoms with Crippen LogP contribution in [0.15, 0.2) is 48.6 Å². The van der Waals surface area contributed by atoms with Crippen LogP contribution in [0.4, 0.5) is 35.1 Å². The van der Waals surface area contributed by atoms with E-state index >= 15 is 4.39 Å². The van der Waals surface area contributed by atoms with Crippen LogP contribution < -0.4 is 9.47 Å². The van der Waals surface area contributed by atoms with Crippen molar-refractivity contribution in [3.63, 3.8) is 0 Å². The highest BCUT2D eigenvalue weighted by Crippen LogP contribution is 2.39. The minimum atomic E-state index is -3.95. The van der Waals surface area contributed by atoms with Gasteiger partial charge in [-0.2, -0.15) is 17.6 Å². The van der Waals surface area contributed by atoms with Gasteiger partial charge in [0.05, 0.1) is 6.61 Å². The molecule has 10 heteroatoms. The van der Waals surface area contributed by atoms with E-state index in [-0.39, 0.29) is 12.5 Å². The van der Waals surface area contributed by atoms with E-state index in [2.05, 4.69) is 11.7 Å². The molecule has 0 heterocycles. The van der Waals surface area contributed by atoms with Gasteiger partial charge in [-0.05, 0) is 68.7 Å². The first-order valence-electron chi connectivity index (χ1n) is 13.8. The lowest BCUT2D eigenvalue weighted by molar-refractivity contribution is -0.133. The van der Waals surface area contributed by atoms with Crippen molar-refractivity contribution in [2.75, 3.05) is 6.61 Å². The van der Waals surface area contributed by atoms with Gasteiger partial charge in [0.1, 0.15) is 0 Å². The lowest BCUT2D eigenvalue weighted by Gasteiger charge is -2.26. The topological polar surface area (TPSA) is 18.5 Å². The van der Waals surface area contributed by atoms with Gasteiger partial charge in [0.15, 0.2) is 34.8 Å². The molecular weight excluding hydrogens is 568 g/mol. The van der Waals surface area contributed by atoms with Gasteiger partial charge in [0, 0.05) is 28.3 Å². The van der Waals surface area contributed by atoms with Crippen molar-refractivity contribution in [2.45, 2.75) is 58.5 Å². The standard InChI is InChI=1S/C32H30F8O2/c1-3-5-18-6-8-19(9-7-18)16-17-32(39,40)42-25-15-13-23(29(36)31(25)38)21-11-10-20(26(33)27(21)34)22-12-14-24(41-4-2)30(37)28(22)35/h10-19H,3-9H2,1-2H3/b17-16+. The second kappa shape index (κ2) is 13.2. The van der Waals surface area contributed by atoms with E-state index in [1.54, 1.807) is 6.92 Å². The first-order valence-corrected chi connectivity index (χ1v) is 13.8. The molecule has 0 atom stereocenters. The molecule has 1 aliphatic rings. The van der Waals surface area contributed by atoms with E-state index in [1.165, 1.54) is 6.08 Å². The summed E-state index contributed by atoms with van der Waals surface area (Å²) in [6.45, 7) is 3.68. The molecule has 2 nitrogen and oxygen atoms in total. The van der Waals surface area contributed by atoms with E-state index in [4.69, 9.17) is 4.74 Å². The molecule has 0 unspecified atom stereocenters. The van der Waals surface area contributed by atoms with E-state index in [9.17, 15) is 30.7 Å². The predicted molar refractivity (Wildman–Crippen MR) is 143 cm³/mol. The molecule has 1 saturated carbocycles. The Morgan fingerprint density at radius 1 is 0.667 bits per heavy atom. The van der Waals surface area contributed by atoms with Crippen LogP contribution in [-0.2, 0) is 0 Å². The third-order valence-electron chi connectivity index (χ3n) is 7.45. The average molecular weight is 599 g/mol. The zero-order valence-electron chi connectivity index (χ0n) is 23.1. The summed E-state index contributed by atoms with van der Waals surface area (Å²) in [5.74, 6) is -10.9. The number of hydrogen-bond acceptors (Lipinski definition) is 2. The number of rotatable bonds is 10. The molecule has 0 aliphatic heterocycles. The lowest BCUT2D eigenvalue weighted by Crippen LogP contribution is -2.23. The zero-order valence-corrected chi connectivity index (χ0v) is 23.1. The number of benzene rings is 3. The van der Waals surface area contributed by atoms with Crippen LogP contribution in [0.25, 0.3) is 22.3 Å². The maximum Gasteiger partial charge on any atom is 0.419 e. The van der Waals surface area contributed by atoms with Crippen LogP contribution in [0.2, 0.25) is 0 Å². The molecule has 3 aromatic carbocycles. The molecule has 1 aliphatic carbocycles. The third-order valence-corrected chi connectivity index (χ3v) is 7.45. The first kappa shape index (κ1) is 31.4. The first-order chi connectivity index (χ1) is 20.0. The minimum Gasteiger partial charge on any atom is -0.491 e. The lowest BCUT2D eigenvalue weighted by atomic mass is 9.80. The molecule has 0 spiro atoms. The monoisotopic (exact) mass is 598 g/mol. The van der Waals surface area contributed by atoms with Gasteiger partial charge in [-0.15, -0.1) is 0 Å². The molecule has 1 fully saturated rings. The van der Waals surface area contributed by atoms with Crippen molar-refractivity contribution in [1.82, 2.24) is 0 Å². The fraction of sp³-hybridized carbons (Fsp3) is 0.375. The summed E-state index contributed by atoms with van der Waals surface area (Å²) in [7, 11) is 0. The zero-order chi connectivity index (χ0) is 30.6. The Morgan fingerprint density at radius 3 is 1.62 bits per heavy atom. The van der Waals surface area contributed by atoms with Crippen molar-refractivity contribution in [1.29, 1.82) is 0 Å². The fourth-order valence-corrected chi connectivity index (χ4v) is 5.30. The van der Waals surface area contributed by atoms with Gasteiger partial charge in [-0.1, -0.05) is 38.0 Å². The summed E-state index contributed by atoms with van der Waals surface area (Å²) in [5.41, 5.74) is -2.86. The van der Waals surface area contributed by atoms with E-state index in [1.807, 2.05) is 0 Å². The van der Waals surface area contributed by atoms with Crippen molar-refractivity contribution >= 4 is 0 Å². The molecule has 42 heavy (non-hydrogen) atoms. The van der Waals surface area contributed by atoms with Gasteiger partial charge in [-0.3, -0.25) is 0 Å². The average Bonchev–Trinajstić information content (AvgIpc) is 2.96. The normalized spacial score (nSPS) is 17.6. The summed E-state index contributed by atoms with van der Waals surface area (Å²) < 4.78 is 127. The van der Waals surface area contributed by atoms with Crippen LogP contribution in [0.1, 0.15) is 52.4 Å². The van der Waals surface area contributed by atoms with Crippen molar-refractivity contribution in [3.8, 4) is 33.8 Å². The maximum absolute atomic E-state index is 15.0. The maximum atomic E-state index is 15.0. The Bertz CT molecular complexity index is 1450. The minimum absolute atomic E-state index is 0.0354. The molecule has 0 amide bonds. The smallest absolute Gasteiger partial charge is 0.419 e. The molecular formula is C32H30F8O2. The van der Waals surface area contributed by atoms with Crippen LogP contribution in [-0.4, -0.2) is 12.7 Å². The Balaban J connectivity index is 1.55. The Kier molecular flexibility index (Phi) is 9.84. The van der Waals surface area contributed by atoms with Crippen molar-refractivity contribution < 1.29 is 44.6 Å². The number of hydrogen-bond donors (Lipinski definition) is 0. The molecule has 0 aromatic heterocycles. The molecule has 226 valence electrons. The second-order valence-electron chi connectivity index (χ2n) is 10.3. The predicted octanol–water partition coefficient (Wildman–Crippen LogP) is 10.4. The molecule has 0 bridgehead atoms. The van der Waals surface area contributed by atoms with E-state index < -0.39 is 74.8 Å². The van der Waals surface area contributed by atoms with Crippen molar-refractivity contribution in [2.24, 2.45) is 11.8 Å². The highest BCUT2D eigenvalue weighted by Gasteiger charge is 2.32. The largest absolute Gasteiger partial charge is 0.491 e. The molecule has 3 aromatic rings. The second-order valence-corrected chi connectivity index (χ2v) is 10.3. The van der Waals surface area contributed by atoms with E-state index in [0.717, 1.165) is 68.9 Å². The van der Waals surface area contributed by atoms with Gasteiger partial charge in [-0.25, -0.2) is 17.6 Å². The highest BCUT2D eigenvalue weighted by molar-refractivity contribution is 5.73. The number of allylic oxidation sites excluding steroid dienone is 1. The summed E-state index contributed by atoms with van der Waals surface area (Å²) in [4.78, 5) is 0. The summed E-state index contributed by atoms with van der Waals surface area (Å²) in [6.07, 6.45) is 3.40. The van der Waals surface area contributed by atoms with Crippen molar-refractivity contribution in [3.05, 3.63) is 83.5 Å². The van der Waals surface area contributed by atoms with Gasteiger partial charge >= 0.3 is 6.11 Å². The summed E-state index contributed by atoms with van der Waals surface area (Å²) in [5, 5.41) is 0. The SMILES string of the molecule is CCCC1CCC(/C=C/C(F)(F)Oc2ccc(-c3ccc(-c4ccc(OCC)c(F)c4F)c(F)c3F)c(F)c2F)CC1. The highest BCUT2D eigenvalue weighted by atomic mass is 19.3. The summed E-state index contributed by atoms with van der Waals surface area (Å²) in [6, 6.07) is 5.17. The van der Waals surface area contributed by atoms with E-state index in [0.29, 0.717) is 18.1 Å². The van der Waals surface area contributed by atoms with Gasteiger partial charge in [0.2, 0.25) is 11.6 Å². The van der Waals surface area contributed by atoms with Gasteiger partial charge in [0.25, 0.3) is 0 Å². The van der Waals surface area contributed by atoms with Crippen LogP contribution >= 0.6 is 0 Å². The summed E-state index contributed by atoms with van der Waals surface area (Å²) >= 11 is 0. The number of halogens is 8.